The highest BCUT2D eigenvalue weighted by Crippen LogP contribution is 2.47. The Labute approximate surface area is 199 Å². The Hall–Kier alpha value is -3.94. The molecule has 4 aromatic rings. The van der Waals surface area contributed by atoms with Gasteiger partial charge < -0.3 is 9.47 Å². The van der Waals surface area contributed by atoms with E-state index in [4.69, 9.17) is 9.47 Å². The molecule has 0 aliphatic carbocycles. The van der Waals surface area contributed by atoms with Crippen molar-refractivity contribution in [2.45, 2.75) is 24.1 Å². The van der Waals surface area contributed by atoms with Crippen molar-refractivity contribution < 1.29 is 27.4 Å². The van der Waals surface area contributed by atoms with Crippen molar-refractivity contribution >= 4 is 33.5 Å². The summed E-state index contributed by atoms with van der Waals surface area (Å²) in [6, 6.07) is 22.1. The number of ether oxygens (including phenoxy) is 2. The summed E-state index contributed by atoms with van der Waals surface area (Å²) >= 11 is 0. The van der Waals surface area contributed by atoms with E-state index >= 15 is 13.2 Å². The molecule has 0 fully saturated rings. The number of aliphatic imine (C=N–C) groups is 1. The molecule has 2 atom stereocenters. The zero-order chi connectivity index (χ0) is 24.6. The van der Waals surface area contributed by atoms with Gasteiger partial charge in [-0.05, 0) is 23.4 Å². The summed E-state index contributed by atoms with van der Waals surface area (Å²) < 4.78 is 55.7. The van der Waals surface area contributed by atoms with Crippen LogP contribution in [0.1, 0.15) is 11.3 Å². The van der Waals surface area contributed by atoms with Crippen LogP contribution in [-0.4, -0.2) is 42.8 Å². The number of nitrogens with zero attached hydrogens (tertiary/aromatic N) is 2. The molecule has 0 saturated heterocycles. The molecule has 8 heteroatoms. The number of halogens is 3. The number of aromatic nitrogens is 1. The first-order valence-electron chi connectivity index (χ1n) is 11.0. The Morgan fingerprint density at radius 2 is 1.57 bits per heavy atom. The molecule has 5 rings (SSSR count). The van der Waals surface area contributed by atoms with Crippen LogP contribution >= 0.6 is 0 Å². The molecule has 2 heterocycles. The lowest BCUT2D eigenvalue weighted by atomic mass is 9.79. The molecule has 0 saturated carbocycles. The van der Waals surface area contributed by atoms with Gasteiger partial charge in [0.15, 0.2) is 0 Å². The van der Waals surface area contributed by atoms with Crippen LogP contribution in [0.2, 0.25) is 0 Å². The number of methoxy groups -OCH3 is 1. The summed E-state index contributed by atoms with van der Waals surface area (Å²) in [6.07, 6.45) is -4.77. The second kappa shape index (κ2) is 8.69. The number of hydrogen-bond acceptors (Lipinski definition) is 5. The number of esters is 1. The maximum atomic E-state index is 15.1. The molecule has 1 aliphatic heterocycles. The second-order valence-corrected chi connectivity index (χ2v) is 8.35. The van der Waals surface area contributed by atoms with E-state index in [2.05, 4.69) is 9.98 Å². The first kappa shape index (κ1) is 22.8. The van der Waals surface area contributed by atoms with Crippen molar-refractivity contribution in [3.8, 4) is 0 Å². The fourth-order valence-electron chi connectivity index (χ4n) is 4.61. The number of hydrogen-bond donors (Lipinski definition) is 0. The predicted molar refractivity (Wildman–Crippen MR) is 126 cm³/mol. The van der Waals surface area contributed by atoms with Crippen molar-refractivity contribution in [3.63, 3.8) is 0 Å². The molecule has 1 aromatic heterocycles. The maximum Gasteiger partial charge on any atom is 0.419 e. The molecule has 0 amide bonds. The zero-order valence-corrected chi connectivity index (χ0v) is 18.8. The SMILES string of the molecule is COC(=O)C(C1=NC(Cc2ccccc2)CO1)(c1nc2ccccc2c2ccccc12)C(F)(F)F. The molecular formula is C27H21F3N2O3. The Morgan fingerprint density at radius 3 is 2.26 bits per heavy atom. The van der Waals surface area contributed by atoms with E-state index in [-0.39, 0.29) is 12.0 Å². The summed E-state index contributed by atoms with van der Waals surface area (Å²) in [5.41, 5.74) is -2.61. The quantitative estimate of drug-likeness (QED) is 0.285. The molecular weight excluding hydrogens is 457 g/mol. The lowest BCUT2D eigenvalue weighted by molar-refractivity contribution is -0.195. The lowest BCUT2D eigenvalue weighted by Crippen LogP contribution is -2.56. The van der Waals surface area contributed by atoms with Crippen molar-refractivity contribution in [2.75, 3.05) is 13.7 Å². The van der Waals surface area contributed by atoms with Crippen LogP contribution < -0.4 is 0 Å². The Bertz CT molecular complexity index is 1440. The fraction of sp³-hybridized carbons (Fsp3) is 0.222. The van der Waals surface area contributed by atoms with Crippen LogP contribution in [0.5, 0.6) is 0 Å². The summed E-state index contributed by atoms with van der Waals surface area (Å²) in [5, 5.41) is 1.38. The van der Waals surface area contributed by atoms with Crippen molar-refractivity contribution in [1.82, 2.24) is 4.98 Å². The zero-order valence-electron chi connectivity index (χ0n) is 18.8. The third-order valence-corrected chi connectivity index (χ3v) is 6.23. The van der Waals surface area contributed by atoms with E-state index in [0.717, 1.165) is 12.7 Å². The average molecular weight is 478 g/mol. The van der Waals surface area contributed by atoms with Gasteiger partial charge in [-0.1, -0.05) is 72.8 Å². The molecule has 0 bridgehead atoms. The first-order valence-corrected chi connectivity index (χ1v) is 11.0. The topological polar surface area (TPSA) is 60.8 Å². The fourth-order valence-corrected chi connectivity index (χ4v) is 4.61. The van der Waals surface area contributed by atoms with Gasteiger partial charge in [0.2, 0.25) is 5.90 Å². The second-order valence-electron chi connectivity index (χ2n) is 8.35. The predicted octanol–water partition coefficient (Wildman–Crippen LogP) is 5.40. The maximum absolute atomic E-state index is 15.1. The summed E-state index contributed by atoms with van der Waals surface area (Å²) in [4.78, 5) is 21.8. The van der Waals surface area contributed by atoms with Gasteiger partial charge in [-0.25, -0.2) is 4.99 Å². The van der Waals surface area contributed by atoms with Gasteiger partial charge in [0.25, 0.3) is 5.41 Å². The lowest BCUT2D eigenvalue weighted by Gasteiger charge is -2.32. The van der Waals surface area contributed by atoms with Gasteiger partial charge in [-0.15, -0.1) is 0 Å². The van der Waals surface area contributed by atoms with Gasteiger partial charge in [-0.3, -0.25) is 9.78 Å². The Morgan fingerprint density at radius 1 is 0.943 bits per heavy atom. The molecule has 35 heavy (non-hydrogen) atoms. The average Bonchev–Trinajstić information content (AvgIpc) is 3.32. The minimum atomic E-state index is -5.14. The van der Waals surface area contributed by atoms with E-state index in [1.807, 2.05) is 30.3 Å². The Kier molecular flexibility index (Phi) is 5.67. The summed E-state index contributed by atoms with van der Waals surface area (Å²) in [7, 11) is 0.920. The van der Waals surface area contributed by atoms with Crippen LogP contribution in [0.4, 0.5) is 13.2 Å². The molecule has 0 N–H and O–H groups in total. The van der Waals surface area contributed by atoms with Crippen LogP contribution in [0, 0.1) is 0 Å². The van der Waals surface area contributed by atoms with E-state index in [0.29, 0.717) is 22.7 Å². The Balaban J connectivity index is 1.77. The number of carbonyl (C=O) groups excluding carboxylic acids is 1. The number of carbonyl (C=O) groups is 1. The van der Waals surface area contributed by atoms with E-state index in [9.17, 15) is 4.79 Å². The van der Waals surface area contributed by atoms with E-state index in [1.165, 1.54) is 6.07 Å². The third kappa shape index (κ3) is 3.69. The molecule has 2 unspecified atom stereocenters. The highest BCUT2D eigenvalue weighted by Gasteiger charge is 2.70. The number of benzene rings is 3. The van der Waals surface area contributed by atoms with Gasteiger partial charge in [0.1, 0.15) is 6.61 Å². The minimum Gasteiger partial charge on any atom is -0.477 e. The van der Waals surface area contributed by atoms with Gasteiger partial charge in [0, 0.05) is 10.8 Å². The van der Waals surface area contributed by atoms with Crippen LogP contribution in [-0.2, 0) is 26.1 Å². The normalized spacial score (nSPS) is 17.6. The molecule has 1 aliphatic rings. The van der Waals surface area contributed by atoms with Gasteiger partial charge >= 0.3 is 12.1 Å². The summed E-state index contributed by atoms with van der Waals surface area (Å²) in [5.74, 6) is -2.29. The third-order valence-electron chi connectivity index (χ3n) is 6.23. The van der Waals surface area contributed by atoms with Crippen LogP contribution in [0.25, 0.3) is 21.7 Å². The molecule has 0 radical (unpaired) electrons. The van der Waals surface area contributed by atoms with Gasteiger partial charge in [-0.2, -0.15) is 13.2 Å². The van der Waals surface area contributed by atoms with E-state index < -0.39 is 35.2 Å². The number of fused-ring (bicyclic) bond motifs is 3. The number of para-hydroxylation sites is 1. The number of rotatable bonds is 5. The minimum absolute atomic E-state index is 0.0927. The van der Waals surface area contributed by atoms with Crippen molar-refractivity contribution in [2.24, 2.45) is 4.99 Å². The highest BCUT2D eigenvalue weighted by atomic mass is 19.4. The summed E-state index contributed by atoms with van der Waals surface area (Å²) in [6.45, 7) is -0.0927. The highest BCUT2D eigenvalue weighted by molar-refractivity contribution is 6.15. The van der Waals surface area contributed by atoms with Crippen molar-refractivity contribution in [3.05, 3.63) is 90.1 Å². The molecule has 3 aromatic carbocycles. The molecule has 178 valence electrons. The van der Waals surface area contributed by atoms with Gasteiger partial charge in [0.05, 0.1) is 24.4 Å². The first-order chi connectivity index (χ1) is 16.9. The smallest absolute Gasteiger partial charge is 0.419 e. The molecule has 0 spiro atoms. The largest absolute Gasteiger partial charge is 0.477 e. The monoisotopic (exact) mass is 478 g/mol. The van der Waals surface area contributed by atoms with Crippen LogP contribution in [0.15, 0.2) is 83.9 Å². The number of pyridine rings is 1. The van der Waals surface area contributed by atoms with E-state index in [1.54, 1.807) is 42.5 Å². The van der Waals surface area contributed by atoms with Crippen LogP contribution in [0.3, 0.4) is 0 Å². The standard InChI is InChI=1S/C27H21F3N2O3/c1-34-25(33)26(27(28,29)30,24-31-18(16-35-24)15-17-9-3-2-4-10-17)23-21-13-6-5-11-19(21)20-12-7-8-14-22(20)32-23/h2-14,18H,15-16H2,1H3. The molecule has 5 nitrogen and oxygen atoms in total. The van der Waals surface area contributed by atoms with Crippen molar-refractivity contribution in [1.29, 1.82) is 0 Å². The number of alkyl halides is 3.